The van der Waals surface area contributed by atoms with Gasteiger partial charge in [-0.3, -0.25) is 0 Å². The molecule has 0 saturated carbocycles. The van der Waals surface area contributed by atoms with Gasteiger partial charge in [-0.05, 0) is 79.3 Å². The van der Waals surface area contributed by atoms with E-state index in [-0.39, 0.29) is 0 Å². The second-order valence-corrected chi connectivity index (χ2v) is 9.75. The Hall–Kier alpha value is -4.11. The van der Waals surface area contributed by atoms with Crippen LogP contribution in [0, 0.1) is 6.92 Å². The van der Waals surface area contributed by atoms with E-state index < -0.39 is 0 Å². The third-order valence-corrected chi connectivity index (χ3v) is 7.46. The van der Waals surface area contributed by atoms with Crippen molar-refractivity contribution in [2.45, 2.75) is 38.3 Å². The van der Waals surface area contributed by atoms with Crippen LogP contribution in [0.1, 0.15) is 29.5 Å². The van der Waals surface area contributed by atoms with E-state index in [2.05, 4.69) is 85.0 Å². The van der Waals surface area contributed by atoms with Crippen LogP contribution in [0.3, 0.4) is 0 Å². The topological polar surface area (TPSA) is 96.2 Å². The number of benzene rings is 1. The van der Waals surface area contributed by atoms with Crippen molar-refractivity contribution in [3.05, 3.63) is 78.0 Å². The summed E-state index contributed by atoms with van der Waals surface area (Å²) in [6.45, 7) is 4.18. The fourth-order valence-corrected chi connectivity index (χ4v) is 5.61. The molecule has 36 heavy (non-hydrogen) atoms. The Morgan fingerprint density at radius 3 is 2.72 bits per heavy atom. The van der Waals surface area contributed by atoms with Crippen molar-refractivity contribution >= 4 is 34.0 Å². The molecule has 1 aromatic carbocycles. The lowest BCUT2D eigenvalue weighted by Crippen LogP contribution is -2.52. The van der Waals surface area contributed by atoms with E-state index in [4.69, 9.17) is 4.98 Å². The van der Waals surface area contributed by atoms with Gasteiger partial charge in [-0.2, -0.15) is 5.10 Å². The molecule has 5 aromatic rings. The highest BCUT2D eigenvalue weighted by Gasteiger charge is 2.37. The quantitative estimate of drug-likeness (QED) is 0.396. The van der Waals surface area contributed by atoms with Crippen LogP contribution in [0.4, 0.5) is 17.3 Å². The number of rotatable bonds is 5. The van der Waals surface area contributed by atoms with Crippen molar-refractivity contribution in [1.82, 2.24) is 34.9 Å². The largest absolute Gasteiger partial charge is 0.348 e. The van der Waals surface area contributed by atoms with Gasteiger partial charge in [0.25, 0.3) is 0 Å². The first-order valence-electron chi connectivity index (χ1n) is 12.5. The molecule has 0 radical (unpaired) electrons. The van der Waals surface area contributed by atoms with Crippen LogP contribution in [0.25, 0.3) is 16.7 Å². The number of hydrogen-bond donors (Lipinski definition) is 2. The summed E-state index contributed by atoms with van der Waals surface area (Å²) in [5.41, 5.74) is 7.18. The van der Waals surface area contributed by atoms with E-state index in [1.54, 1.807) is 17.2 Å². The number of anilines is 3. The maximum absolute atomic E-state index is 5.05. The fourth-order valence-electron chi connectivity index (χ4n) is 5.61. The van der Waals surface area contributed by atoms with Crippen LogP contribution < -0.4 is 15.5 Å². The van der Waals surface area contributed by atoms with Crippen molar-refractivity contribution < 1.29 is 0 Å². The molecule has 9 nitrogen and oxygen atoms in total. The summed E-state index contributed by atoms with van der Waals surface area (Å²) in [4.78, 5) is 20.9. The van der Waals surface area contributed by atoms with Gasteiger partial charge < -0.3 is 15.5 Å². The van der Waals surface area contributed by atoms with E-state index in [1.165, 1.54) is 29.5 Å². The second kappa shape index (κ2) is 8.53. The van der Waals surface area contributed by atoms with Gasteiger partial charge in [0.1, 0.15) is 24.0 Å². The van der Waals surface area contributed by atoms with Crippen LogP contribution in [-0.2, 0) is 6.42 Å². The summed E-state index contributed by atoms with van der Waals surface area (Å²) >= 11 is 0. The highest BCUT2D eigenvalue weighted by molar-refractivity contribution is 5.88. The molecule has 2 bridgehead atoms. The van der Waals surface area contributed by atoms with Gasteiger partial charge in [0, 0.05) is 37.1 Å². The van der Waals surface area contributed by atoms with Gasteiger partial charge in [0.2, 0.25) is 0 Å². The normalized spacial score (nSPS) is 19.3. The van der Waals surface area contributed by atoms with Crippen molar-refractivity contribution in [3.8, 4) is 0 Å². The zero-order valence-corrected chi connectivity index (χ0v) is 20.1. The van der Waals surface area contributed by atoms with Gasteiger partial charge in [-0.15, -0.1) is 0 Å². The molecule has 7 rings (SSSR count). The first-order valence-corrected chi connectivity index (χ1v) is 12.5. The smallest absolute Gasteiger partial charge is 0.160 e. The molecule has 2 N–H and O–H groups in total. The Kier molecular flexibility index (Phi) is 5.02. The van der Waals surface area contributed by atoms with Crippen molar-refractivity contribution in [2.24, 2.45) is 0 Å². The third kappa shape index (κ3) is 3.72. The van der Waals surface area contributed by atoms with Crippen LogP contribution >= 0.6 is 0 Å². The summed E-state index contributed by atoms with van der Waals surface area (Å²) in [7, 11) is 0. The SMILES string of the molecule is Cc1cc(Nc2ncnc3ccc(N4C5CCC4CNC5)nc23)ccc1Cc1ccn2ncnc2c1. The molecule has 9 heteroatoms. The minimum atomic E-state index is 0.510. The number of fused-ring (bicyclic) bond motifs is 4. The minimum Gasteiger partial charge on any atom is -0.348 e. The minimum absolute atomic E-state index is 0.510. The van der Waals surface area contributed by atoms with E-state index in [1.807, 2.05) is 6.20 Å². The zero-order chi connectivity index (χ0) is 24.1. The lowest BCUT2D eigenvalue weighted by atomic mass is 10.0. The van der Waals surface area contributed by atoms with Gasteiger partial charge in [-0.25, -0.2) is 24.5 Å². The molecule has 0 amide bonds. The summed E-state index contributed by atoms with van der Waals surface area (Å²) in [5, 5.41) is 11.2. The van der Waals surface area contributed by atoms with Crippen LogP contribution in [0.5, 0.6) is 0 Å². The van der Waals surface area contributed by atoms with Crippen molar-refractivity contribution in [1.29, 1.82) is 0 Å². The molecule has 2 saturated heterocycles. The van der Waals surface area contributed by atoms with Gasteiger partial charge in [0.05, 0.1) is 5.52 Å². The van der Waals surface area contributed by atoms with Crippen LogP contribution in [0.2, 0.25) is 0 Å². The predicted molar refractivity (Wildman–Crippen MR) is 140 cm³/mol. The predicted octanol–water partition coefficient (Wildman–Crippen LogP) is 3.65. The monoisotopic (exact) mass is 477 g/mol. The Balaban J connectivity index is 1.16. The maximum atomic E-state index is 5.05. The number of aromatic nitrogens is 6. The summed E-state index contributed by atoms with van der Waals surface area (Å²) in [6.07, 6.45) is 8.40. The number of aryl methyl sites for hydroxylation is 1. The summed E-state index contributed by atoms with van der Waals surface area (Å²) in [5.74, 6) is 1.75. The number of nitrogens with one attached hydrogen (secondary N) is 2. The highest BCUT2D eigenvalue weighted by atomic mass is 15.3. The molecular weight excluding hydrogens is 450 g/mol. The van der Waals surface area contributed by atoms with E-state index >= 15 is 0 Å². The lowest BCUT2D eigenvalue weighted by molar-refractivity contribution is 0.481. The number of piperazine rings is 1. The molecule has 2 aliphatic heterocycles. The zero-order valence-electron chi connectivity index (χ0n) is 20.1. The Morgan fingerprint density at radius 2 is 1.86 bits per heavy atom. The van der Waals surface area contributed by atoms with E-state index in [9.17, 15) is 0 Å². The van der Waals surface area contributed by atoms with Crippen LogP contribution in [-0.4, -0.2) is 54.7 Å². The molecule has 2 atom stereocenters. The van der Waals surface area contributed by atoms with Gasteiger partial charge >= 0.3 is 0 Å². The average molecular weight is 478 g/mol. The highest BCUT2D eigenvalue weighted by Crippen LogP contribution is 2.33. The lowest BCUT2D eigenvalue weighted by Gasteiger charge is -2.36. The maximum Gasteiger partial charge on any atom is 0.160 e. The summed E-state index contributed by atoms with van der Waals surface area (Å²) < 4.78 is 1.78. The Bertz CT molecular complexity index is 1560. The molecule has 180 valence electrons. The molecule has 2 unspecified atom stereocenters. The second-order valence-electron chi connectivity index (χ2n) is 9.75. The third-order valence-electron chi connectivity index (χ3n) is 7.46. The van der Waals surface area contributed by atoms with E-state index in [0.29, 0.717) is 12.1 Å². The van der Waals surface area contributed by atoms with Crippen molar-refractivity contribution in [2.75, 3.05) is 23.3 Å². The first kappa shape index (κ1) is 21.2. The number of pyridine rings is 2. The molecule has 6 heterocycles. The van der Waals surface area contributed by atoms with Gasteiger partial charge in [-0.1, -0.05) is 6.07 Å². The number of nitrogens with zero attached hydrogens (tertiary/aromatic N) is 7. The first-order chi connectivity index (χ1) is 17.7. The molecule has 0 spiro atoms. The van der Waals surface area contributed by atoms with Gasteiger partial charge in [0.15, 0.2) is 11.5 Å². The Morgan fingerprint density at radius 1 is 0.972 bits per heavy atom. The molecule has 2 fully saturated rings. The molecule has 2 aliphatic rings. The Labute approximate surface area is 208 Å². The molecular formula is C27H27N9. The average Bonchev–Trinajstić information content (AvgIpc) is 3.46. The fraction of sp³-hybridized carbons (Fsp3) is 0.296. The summed E-state index contributed by atoms with van der Waals surface area (Å²) in [6, 6.07) is 15.8. The van der Waals surface area contributed by atoms with Crippen LogP contribution in [0.15, 0.2) is 61.3 Å². The number of hydrogen-bond acceptors (Lipinski definition) is 8. The standard InChI is InChI=1S/C27H27N9/c1-17-10-20(3-2-19(17)11-18-8-9-35-25(12-18)30-16-32-35)33-27-26-23(29-15-31-27)6-7-24(34-26)36-21-4-5-22(36)14-28-13-21/h2-3,6-10,12,15-16,21-22,28H,4-5,11,13-14H2,1H3,(H,29,31,33). The molecule has 0 aliphatic carbocycles. The molecule has 4 aromatic heterocycles. The van der Waals surface area contributed by atoms with E-state index in [0.717, 1.165) is 53.5 Å². The van der Waals surface area contributed by atoms with Crippen molar-refractivity contribution in [3.63, 3.8) is 0 Å².